The smallest absolute Gasteiger partial charge is 0.224 e. The molecule has 0 bridgehead atoms. The van der Waals surface area contributed by atoms with Gasteiger partial charge in [-0.25, -0.2) is 0 Å². The normalized spacial score (nSPS) is 28.1. The molecule has 0 spiro atoms. The number of piperidine rings is 1. The molecule has 2 heterocycles. The molecule has 2 aliphatic rings. The van der Waals surface area contributed by atoms with Crippen LogP contribution >= 0.6 is 0 Å². The van der Waals surface area contributed by atoms with Crippen LogP contribution in [0.1, 0.15) is 23.5 Å². The van der Waals surface area contributed by atoms with Gasteiger partial charge in [-0.3, -0.25) is 4.79 Å². The summed E-state index contributed by atoms with van der Waals surface area (Å²) >= 11 is 0. The fourth-order valence-electron chi connectivity index (χ4n) is 3.94. The fraction of sp³-hybridized carbons (Fsp3) is 0.438. The molecule has 0 saturated carbocycles. The summed E-state index contributed by atoms with van der Waals surface area (Å²) in [6, 6.07) is 6.94. The molecular weight excluding hydrogens is 250 g/mol. The second-order valence-corrected chi connectivity index (χ2v) is 5.96. The van der Waals surface area contributed by atoms with Crippen LogP contribution in [0.15, 0.2) is 24.4 Å². The van der Waals surface area contributed by atoms with Crippen LogP contribution in [0, 0.1) is 5.92 Å². The van der Waals surface area contributed by atoms with Crippen molar-refractivity contribution in [2.24, 2.45) is 5.92 Å². The predicted molar refractivity (Wildman–Crippen MR) is 78.7 cm³/mol. The molecule has 3 N–H and O–H groups in total. The van der Waals surface area contributed by atoms with Crippen LogP contribution in [0.25, 0.3) is 10.9 Å². The van der Waals surface area contributed by atoms with Crippen molar-refractivity contribution >= 4 is 16.8 Å². The van der Waals surface area contributed by atoms with Gasteiger partial charge in [0.25, 0.3) is 0 Å². The molecule has 20 heavy (non-hydrogen) atoms. The Hall–Kier alpha value is -1.81. The molecule has 1 amide bonds. The van der Waals surface area contributed by atoms with E-state index in [0.29, 0.717) is 12.0 Å². The van der Waals surface area contributed by atoms with Crippen molar-refractivity contribution in [1.29, 1.82) is 0 Å². The van der Waals surface area contributed by atoms with E-state index in [1.54, 1.807) is 7.05 Å². The number of carbonyl (C=O) groups excluding carboxylic acids is 1. The molecule has 1 aromatic heterocycles. The lowest BCUT2D eigenvalue weighted by Crippen LogP contribution is -2.50. The first-order valence-corrected chi connectivity index (χ1v) is 7.31. The van der Waals surface area contributed by atoms with E-state index in [-0.39, 0.29) is 11.8 Å². The van der Waals surface area contributed by atoms with Crippen LogP contribution in [-0.4, -0.2) is 30.5 Å². The minimum Gasteiger partial charge on any atom is -0.361 e. The first kappa shape index (κ1) is 12.0. The highest BCUT2D eigenvalue weighted by Crippen LogP contribution is 2.41. The van der Waals surface area contributed by atoms with Crippen molar-refractivity contribution in [3.8, 4) is 0 Å². The minimum atomic E-state index is 0.0806. The van der Waals surface area contributed by atoms with Crippen molar-refractivity contribution in [1.82, 2.24) is 15.6 Å². The molecule has 4 nitrogen and oxygen atoms in total. The topological polar surface area (TPSA) is 56.9 Å². The molecule has 1 saturated heterocycles. The maximum absolute atomic E-state index is 11.9. The predicted octanol–water partition coefficient (Wildman–Crippen LogP) is 1.53. The lowest BCUT2D eigenvalue weighted by atomic mass is 9.73. The third kappa shape index (κ3) is 1.61. The zero-order valence-corrected chi connectivity index (χ0v) is 11.6. The number of hydrogen-bond acceptors (Lipinski definition) is 2. The number of nitrogens with one attached hydrogen (secondary N) is 3. The summed E-state index contributed by atoms with van der Waals surface area (Å²) in [5, 5.41) is 7.75. The van der Waals surface area contributed by atoms with Gasteiger partial charge in [-0.2, -0.15) is 0 Å². The highest BCUT2D eigenvalue weighted by atomic mass is 16.1. The SMILES string of the molecule is CNC(=O)C1CN[C@@H]2Cc3c[nH]c4cccc(c34)C2C1. The van der Waals surface area contributed by atoms with Gasteiger partial charge in [0.15, 0.2) is 0 Å². The molecule has 0 radical (unpaired) electrons. The Morgan fingerprint density at radius 2 is 2.30 bits per heavy atom. The second-order valence-electron chi connectivity index (χ2n) is 5.96. The number of aromatic nitrogens is 1. The Kier molecular flexibility index (Phi) is 2.60. The summed E-state index contributed by atoms with van der Waals surface area (Å²) in [5.74, 6) is 0.679. The quantitative estimate of drug-likeness (QED) is 0.735. The van der Waals surface area contributed by atoms with Crippen molar-refractivity contribution in [2.75, 3.05) is 13.6 Å². The number of H-pyrrole nitrogens is 1. The summed E-state index contributed by atoms with van der Waals surface area (Å²) in [4.78, 5) is 15.3. The second kappa shape index (κ2) is 4.35. The average Bonchev–Trinajstić information content (AvgIpc) is 2.91. The Morgan fingerprint density at radius 1 is 1.40 bits per heavy atom. The Labute approximate surface area is 117 Å². The molecule has 1 aliphatic heterocycles. The van der Waals surface area contributed by atoms with E-state index >= 15 is 0 Å². The maximum atomic E-state index is 11.9. The van der Waals surface area contributed by atoms with Gasteiger partial charge in [-0.1, -0.05) is 12.1 Å². The standard InChI is InChI=1S/C16H19N3O/c1-17-16(20)10-5-12-11-3-2-4-13-15(11)9(7-18-13)6-14(12)19-8-10/h2-4,7,10,12,14,18-19H,5-6,8H2,1H3,(H,17,20)/t10?,12?,14-/m1/s1. The van der Waals surface area contributed by atoms with Gasteiger partial charge in [-0.05, 0) is 30.0 Å². The highest BCUT2D eigenvalue weighted by Gasteiger charge is 2.38. The summed E-state index contributed by atoms with van der Waals surface area (Å²) < 4.78 is 0. The number of carbonyl (C=O) groups is 1. The third-order valence-electron chi connectivity index (χ3n) is 4.93. The Bertz CT molecular complexity index is 675. The van der Waals surface area contributed by atoms with Crippen molar-refractivity contribution < 1.29 is 4.79 Å². The van der Waals surface area contributed by atoms with Crippen LogP contribution in [0.5, 0.6) is 0 Å². The minimum absolute atomic E-state index is 0.0806. The van der Waals surface area contributed by atoms with E-state index in [9.17, 15) is 4.79 Å². The van der Waals surface area contributed by atoms with Crippen LogP contribution in [0.3, 0.4) is 0 Å². The number of hydrogen-bond donors (Lipinski definition) is 3. The van der Waals surface area contributed by atoms with E-state index in [0.717, 1.165) is 19.4 Å². The molecule has 104 valence electrons. The zero-order chi connectivity index (χ0) is 13.7. The molecule has 2 aromatic rings. The summed E-state index contributed by atoms with van der Waals surface area (Å²) in [6.45, 7) is 0.788. The van der Waals surface area contributed by atoms with Crippen LogP contribution in [0.4, 0.5) is 0 Å². The fourth-order valence-corrected chi connectivity index (χ4v) is 3.94. The van der Waals surface area contributed by atoms with Gasteiger partial charge in [0.1, 0.15) is 0 Å². The van der Waals surface area contributed by atoms with Gasteiger partial charge in [0, 0.05) is 42.7 Å². The first-order valence-electron chi connectivity index (χ1n) is 7.31. The van der Waals surface area contributed by atoms with E-state index in [4.69, 9.17) is 0 Å². The van der Waals surface area contributed by atoms with Gasteiger partial charge in [0.05, 0.1) is 5.92 Å². The Balaban J connectivity index is 1.76. The lowest BCUT2D eigenvalue weighted by molar-refractivity contribution is -0.125. The third-order valence-corrected chi connectivity index (χ3v) is 4.93. The average molecular weight is 269 g/mol. The van der Waals surface area contributed by atoms with E-state index in [1.807, 2.05) is 0 Å². The summed E-state index contributed by atoms with van der Waals surface area (Å²) in [5.41, 5.74) is 4.02. The maximum Gasteiger partial charge on any atom is 0.224 e. The zero-order valence-electron chi connectivity index (χ0n) is 11.6. The van der Waals surface area contributed by atoms with Crippen LogP contribution in [0.2, 0.25) is 0 Å². The Morgan fingerprint density at radius 3 is 3.15 bits per heavy atom. The molecule has 1 aliphatic carbocycles. The van der Waals surface area contributed by atoms with Gasteiger partial charge in [0.2, 0.25) is 5.91 Å². The molecule has 1 fully saturated rings. The number of aromatic amines is 1. The summed E-state index contributed by atoms with van der Waals surface area (Å²) in [6.07, 6.45) is 4.14. The van der Waals surface area contributed by atoms with Crippen molar-refractivity contribution in [3.05, 3.63) is 35.5 Å². The largest absolute Gasteiger partial charge is 0.361 e. The number of amides is 1. The monoisotopic (exact) mass is 269 g/mol. The number of benzene rings is 1. The van der Waals surface area contributed by atoms with E-state index in [1.165, 1.54) is 22.0 Å². The first-order chi connectivity index (χ1) is 9.78. The van der Waals surface area contributed by atoms with Crippen LogP contribution < -0.4 is 10.6 Å². The summed E-state index contributed by atoms with van der Waals surface area (Å²) in [7, 11) is 1.72. The molecule has 2 unspecified atom stereocenters. The van der Waals surface area contributed by atoms with Gasteiger partial charge >= 0.3 is 0 Å². The van der Waals surface area contributed by atoms with Crippen molar-refractivity contribution in [2.45, 2.75) is 24.8 Å². The molecule has 4 heteroatoms. The molecule has 1 aromatic carbocycles. The lowest BCUT2D eigenvalue weighted by Gasteiger charge is -2.39. The highest BCUT2D eigenvalue weighted by molar-refractivity contribution is 5.88. The van der Waals surface area contributed by atoms with Gasteiger partial charge < -0.3 is 15.6 Å². The molecule has 3 atom stereocenters. The van der Waals surface area contributed by atoms with Gasteiger partial charge in [-0.15, -0.1) is 0 Å². The van der Waals surface area contributed by atoms with E-state index < -0.39 is 0 Å². The number of rotatable bonds is 1. The number of fused-ring (bicyclic) bond motifs is 2. The van der Waals surface area contributed by atoms with E-state index in [2.05, 4.69) is 40.0 Å². The van der Waals surface area contributed by atoms with Crippen molar-refractivity contribution in [3.63, 3.8) is 0 Å². The van der Waals surface area contributed by atoms with Crippen LogP contribution in [-0.2, 0) is 11.2 Å². The molecular formula is C16H19N3O. The molecule has 4 rings (SSSR count).